The number of carbonyl (C=O) groups excluding carboxylic acids is 3. The van der Waals surface area contributed by atoms with Gasteiger partial charge < -0.3 is 20.5 Å². The molecule has 0 aromatic heterocycles. The lowest BCUT2D eigenvalue weighted by Crippen LogP contribution is -2.46. The lowest BCUT2D eigenvalue weighted by Gasteiger charge is -2.23. The number of ketones is 1. The highest BCUT2D eigenvalue weighted by Gasteiger charge is 2.27. The van der Waals surface area contributed by atoms with E-state index in [0.717, 1.165) is 0 Å². The molecular formula is C23H24ClFN2O6. The fraction of sp³-hybridized carbons (Fsp3) is 0.304. The Labute approximate surface area is 195 Å². The second-order valence-corrected chi connectivity index (χ2v) is 8.51. The van der Waals surface area contributed by atoms with Crippen molar-refractivity contribution < 1.29 is 33.4 Å². The van der Waals surface area contributed by atoms with Crippen molar-refractivity contribution in [3.63, 3.8) is 0 Å². The molecule has 176 valence electrons. The van der Waals surface area contributed by atoms with Crippen LogP contribution in [0.25, 0.3) is 0 Å². The average Bonchev–Trinajstić information content (AvgIpc) is 2.72. The van der Waals surface area contributed by atoms with Gasteiger partial charge >= 0.3 is 12.1 Å². The monoisotopic (exact) mass is 478 g/mol. The number of amides is 2. The van der Waals surface area contributed by atoms with Crippen LogP contribution in [-0.2, 0) is 14.3 Å². The lowest BCUT2D eigenvalue weighted by molar-refractivity contribution is -0.137. The molecule has 0 saturated carbocycles. The third kappa shape index (κ3) is 7.57. The number of carboxylic acids is 1. The highest BCUT2D eigenvalue weighted by molar-refractivity contribution is 6.35. The summed E-state index contributed by atoms with van der Waals surface area (Å²) in [5, 5.41) is 13.4. The van der Waals surface area contributed by atoms with Gasteiger partial charge in [-0.1, -0.05) is 41.9 Å². The number of ether oxygens (including phenoxy) is 1. The van der Waals surface area contributed by atoms with Gasteiger partial charge in [-0.3, -0.25) is 14.4 Å². The lowest BCUT2D eigenvalue weighted by atomic mass is 10.0. The fourth-order valence-electron chi connectivity index (χ4n) is 2.80. The molecule has 0 aliphatic rings. The summed E-state index contributed by atoms with van der Waals surface area (Å²) in [5.41, 5.74) is -1.43. The number of alkyl carbamates (subject to hydrolysis) is 1. The maximum atomic E-state index is 15.2. The highest BCUT2D eigenvalue weighted by atomic mass is 35.5. The molecule has 0 heterocycles. The minimum absolute atomic E-state index is 0.145. The van der Waals surface area contributed by atoms with Crippen molar-refractivity contribution in [3.8, 4) is 0 Å². The van der Waals surface area contributed by atoms with E-state index in [1.54, 1.807) is 39.0 Å². The van der Waals surface area contributed by atoms with Crippen molar-refractivity contribution in [2.45, 2.75) is 45.3 Å². The van der Waals surface area contributed by atoms with Gasteiger partial charge in [0.25, 0.3) is 0 Å². The first-order chi connectivity index (χ1) is 15.4. The maximum absolute atomic E-state index is 15.2. The highest BCUT2D eigenvalue weighted by Crippen LogP contribution is 2.28. The normalized spacial score (nSPS) is 11.9. The Bertz CT molecular complexity index is 1050. The number of carbonyl (C=O) groups is 4. The van der Waals surface area contributed by atoms with Gasteiger partial charge in [0.2, 0.25) is 5.91 Å². The van der Waals surface area contributed by atoms with Gasteiger partial charge in [0.15, 0.2) is 11.6 Å². The zero-order valence-corrected chi connectivity index (χ0v) is 19.0. The topological polar surface area (TPSA) is 122 Å². The standard InChI is InChI=1S/C23H24ClFN2O6/c1-23(2,3)33-22(32)27-16(11-12-17(28)29)21(31)26-15-10-9-14(24)18(19(15)25)20(30)13-7-5-4-6-8-13/h4-10,16H,11-12H2,1-3H3,(H,26,31)(H,27,32)(H,28,29). The predicted molar refractivity (Wildman–Crippen MR) is 120 cm³/mol. The van der Waals surface area contributed by atoms with Gasteiger partial charge in [-0.05, 0) is 39.3 Å². The Morgan fingerprint density at radius 3 is 2.30 bits per heavy atom. The summed E-state index contributed by atoms with van der Waals surface area (Å²) in [6, 6.07) is 8.99. The summed E-state index contributed by atoms with van der Waals surface area (Å²) < 4.78 is 20.3. The smallest absolute Gasteiger partial charge is 0.408 e. The first kappa shape index (κ1) is 25.8. The van der Waals surface area contributed by atoms with E-state index in [-0.39, 0.29) is 22.7 Å². The summed E-state index contributed by atoms with van der Waals surface area (Å²) in [5.74, 6) is -3.81. The third-order valence-corrected chi connectivity index (χ3v) is 4.58. The van der Waals surface area contributed by atoms with Crippen molar-refractivity contribution in [1.82, 2.24) is 5.32 Å². The Kier molecular flexibility index (Phi) is 8.53. The SMILES string of the molecule is CC(C)(C)OC(=O)NC(CCC(=O)O)C(=O)Nc1ccc(Cl)c(C(=O)c2ccccc2)c1F. The van der Waals surface area contributed by atoms with Crippen molar-refractivity contribution in [1.29, 1.82) is 0 Å². The van der Waals surface area contributed by atoms with Crippen LogP contribution < -0.4 is 10.6 Å². The quantitative estimate of drug-likeness (QED) is 0.483. The van der Waals surface area contributed by atoms with E-state index in [0.29, 0.717) is 0 Å². The number of benzene rings is 2. The van der Waals surface area contributed by atoms with Crippen LogP contribution in [0.2, 0.25) is 5.02 Å². The average molecular weight is 479 g/mol. The molecule has 2 amide bonds. The van der Waals surface area contributed by atoms with Gasteiger partial charge in [0.05, 0.1) is 16.3 Å². The summed E-state index contributed by atoms with van der Waals surface area (Å²) in [7, 11) is 0. The number of aliphatic carboxylic acids is 1. The van der Waals surface area contributed by atoms with Crippen LogP contribution in [0.5, 0.6) is 0 Å². The molecule has 10 heteroatoms. The second-order valence-electron chi connectivity index (χ2n) is 8.10. The van der Waals surface area contributed by atoms with E-state index in [9.17, 15) is 19.2 Å². The largest absolute Gasteiger partial charge is 0.481 e. The van der Waals surface area contributed by atoms with E-state index >= 15 is 4.39 Å². The minimum atomic E-state index is -1.33. The molecule has 0 aliphatic carbocycles. The zero-order chi connectivity index (χ0) is 24.8. The second kappa shape index (κ2) is 10.9. The van der Waals surface area contributed by atoms with Crippen LogP contribution in [0.4, 0.5) is 14.9 Å². The zero-order valence-electron chi connectivity index (χ0n) is 18.3. The number of carboxylic acid groups (broad SMARTS) is 1. The molecule has 1 unspecified atom stereocenters. The first-order valence-corrected chi connectivity index (χ1v) is 10.4. The molecule has 0 aliphatic heterocycles. The Morgan fingerprint density at radius 2 is 1.73 bits per heavy atom. The van der Waals surface area contributed by atoms with E-state index in [2.05, 4.69) is 10.6 Å². The molecule has 0 fully saturated rings. The fourth-order valence-corrected chi connectivity index (χ4v) is 3.03. The molecule has 0 bridgehead atoms. The minimum Gasteiger partial charge on any atom is -0.481 e. The number of nitrogens with one attached hydrogen (secondary N) is 2. The van der Waals surface area contributed by atoms with E-state index in [1.165, 1.54) is 24.3 Å². The van der Waals surface area contributed by atoms with Crippen molar-refractivity contribution in [3.05, 3.63) is 64.4 Å². The Morgan fingerprint density at radius 1 is 1.09 bits per heavy atom. The predicted octanol–water partition coefficient (Wildman–Crippen LogP) is 4.41. The summed E-state index contributed by atoms with van der Waals surface area (Å²) in [6.45, 7) is 4.85. The molecule has 33 heavy (non-hydrogen) atoms. The molecule has 3 N–H and O–H groups in total. The van der Waals surface area contributed by atoms with Crippen molar-refractivity contribution >= 4 is 41.0 Å². The summed E-state index contributed by atoms with van der Waals surface area (Å²) >= 11 is 6.05. The number of hydrogen-bond donors (Lipinski definition) is 3. The summed E-state index contributed by atoms with van der Waals surface area (Å²) in [4.78, 5) is 48.5. The van der Waals surface area contributed by atoms with E-state index < -0.39 is 53.2 Å². The van der Waals surface area contributed by atoms with Crippen LogP contribution in [0.3, 0.4) is 0 Å². The van der Waals surface area contributed by atoms with Gasteiger partial charge in [-0.15, -0.1) is 0 Å². The van der Waals surface area contributed by atoms with E-state index in [4.69, 9.17) is 21.4 Å². The van der Waals surface area contributed by atoms with Crippen LogP contribution in [0.15, 0.2) is 42.5 Å². The maximum Gasteiger partial charge on any atom is 0.408 e. The first-order valence-electron chi connectivity index (χ1n) is 9.99. The molecular weight excluding hydrogens is 455 g/mol. The molecule has 1 atom stereocenters. The molecule has 2 rings (SSSR count). The van der Waals surface area contributed by atoms with Crippen LogP contribution >= 0.6 is 11.6 Å². The molecule has 2 aromatic carbocycles. The molecule has 0 radical (unpaired) electrons. The van der Waals surface area contributed by atoms with Gasteiger partial charge in [0.1, 0.15) is 11.6 Å². The van der Waals surface area contributed by atoms with Gasteiger partial charge in [-0.25, -0.2) is 9.18 Å². The Hall–Kier alpha value is -3.46. The van der Waals surface area contributed by atoms with Crippen LogP contribution in [0.1, 0.15) is 49.5 Å². The molecule has 0 saturated heterocycles. The number of rotatable bonds is 8. The summed E-state index contributed by atoms with van der Waals surface area (Å²) in [6.07, 6.45) is -1.65. The van der Waals surface area contributed by atoms with Gasteiger partial charge in [-0.2, -0.15) is 0 Å². The van der Waals surface area contributed by atoms with Gasteiger partial charge in [0, 0.05) is 12.0 Å². The van der Waals surface area contributed by atoms with Crippen molar-refractivity contribution in [2.75, 3.05) is 5.32 Å². The molecule has 8 nitrogen and oxygen atoms in total. The van der Waals surface area contributed by atoms with E-state index in [1.807, 2.05) is 0 Å². The van der Waals surface area contributed by atoms with Crippen LogP contribution in [-0.4, -0.2) is 40.5 Å². The number of anilines is 1. The van der Waals surface area contributed by atoms with Crippen molar-refractivity contribution in [2.24, 2.45) is 0 Å². The Balaban J connectivity index is 2.28. The van der Waals surface area contributed by atoms with Crippen LogP contribution in [0, 0.1) is 5.82 Å². The number of hydrogen-bond acceptors (Lipinski definition) is 5. The third-order valence-electron chi connectivity index (χ3n) is 4.27. The molecule has 2 aromatic rings. The molecule has 0 spiro atoms. The number of halogens is 2.